The van der Waals surface area contributed by atoms with Gasteiger partial charge in [-0.2, -0.15) is 0 Å². The van der Waals surface area contributed by atoms with Gasteiger partial charge in [-0.25, -0.2) is 4.99 Å². The van der Waals surface area contributed by atoms with Crippen LogP contribution in [0.15, 0.2) is 75.4 Å². The largest absolute Gasteiger partial charge is 0.497 e. The first-order chi connectivity index (χ1) is 19.6. The van der Waals surface area contributed by atoms with Crippen molar-refractivity contribution in [2.75, 3.05) is 7.11 Å². The van der Waals surface area contributed by atoms with Gasteiger partial charge in [-0.3, -0.25) is 4.79 Å². The molecule has 0 aromatic heterocycles. The van der Waals surface area contributed by atoms with Crippen LogP contribution in [0.3, 0.4) is 0 Å². The number of unbranched alkanes of at least 4 members (excludes halogenated alkanes) is 1. The average Bonchev–Trinajstić information content (AvgIpc) is 2.95. The Bertz CT molecular complexity index is 1030. The second-order valence-corrected chi connectivity index (χ2v) is 10.5. The summed E-state index contributed by atoms with van der Waals surface area (Å²) >= 11 is 0. The van der Waals surface area contributed by atoms with Gasteiger partial charge in [0.05, 0.1) is 24.4 Å². The molecule has 6 heteroatoms. The van der Waals surface area contributed by atoms with Gasteiger partial charge < -0.3 is 20.6 Å². The molecule has 3 N–H and O–H groups in total. The van der Waals surface area contributed by atoms with E-state index in [1.807, 2.05) is 32.1 Å². The van der Waals surface area contributed by atoms with Gasteiger partial charge in [0.15, 0.2) is 0 Å². The third kappa shape index (κ3) is 16.0. The van der Waals surface area contributed by atoms with Crippen LogP contribution in [0, 0.1) is 11.3 Å². The van der Waals surface area contributed by atoms with Gasteiger partial charge in [-0.1, -0.05) is 71.1 Å². The number of aliphatic carboxylic acids is 1. The molecule has 0 amide bonds. The molecule has 1 rings (SSSR count). The van der Waals surface area contributed by atoms with Crippen molar-refractivity contribution in [3.05, 3.63) is 70.5 Å². The van der Waals surface area contributed by atoms with Crippen molar-refractivity contribution < 1.29 is 14.6 Å². The lowest BCUT2D eigenvalue weighted by atomic mass is 9.90. The SMILES string of the molecule is C\C=C(/N=C(\C=C\CCC)CCC)N\C(C(C)=N)=C(C)/C(C)=C/C=C(OC)\C(C)=C\CC.O=C(O)C1CCCCC1. The summed E-state index contributed by atoms with van der Waals surface area (Å²) in [6.07, 6.45) is 22.8. The maximum atomic E-state index is 10.4. The fourth-order valence-electron chi connectivity index (χ4n) is 4.37. The number of nitrogens with one attached hydrogen (secondary N) is 2. The van der Waals surface area contributed by atoms with Crippen molar-refractivity contribution in [3.8, 4) is 0 Å². The number of carbonyl (C=O) groups is 1. The van der Waals surface area contributed by atoms with E-state index in [2.05, 4.69) is 58.2 Å². The van der Waals surface area contributed by atoms with E-state index in [-0.39, 0.29) is 5.92 Å². The Morgan fingerprint density at radius 2 is 1.68 bits per heavy atom. The zero-order valence-electron chi connectivity index (χ0n) is 27.3. The predicted octanol–water partition coefficient (Wildman–Crippen LogP) is 9.83. The normalized spacial score (nSPS) is 16.7. The molecule has 1 fully saturated rings. The summed E-state index contributed by atoms with van der Waals surface area (Å²) in [4.78, 5) is 15.2. The van der Waals surface area contributed by atoms with Gasteiger partial charge >= 0.3 is 5.97 Å². The maximum Gasteiger partial charge on any atom is 0.306 e. The molecule has 1 aliphatic rings. The molecule has 0 bridgehead atoms. The minimum absolute atomic E-state index is 0.0289. The number of carboxylic acids is 1. The summed E-state index contributed by atoms with van der Waals surface area (Å²) in [6, 6.07) is 0. The molecule has 0 unspecified atom stereocenters. The third-order valence-electron chi connectivity index (χ3n) is 6.96. The summed E-state index contributed by atoms with van der Waals surface area (Å²) < 4.78 is 5.53. The van der Waals surface area contributed by atoms with Crippen LogP contribution in [0.1, 0.15) is 120 Å². The van der Waals surface area contributed by atoms with Crippen LogP contribution in [0.2, 0.25) is 0 Å². The minimum atomic E-state index is -0.602. The van der Waals surface area contributed by atoms with Crippen molar-refractivity contribution in [2.45, 2.75) is 120 Å². The van der Waals surface area contributed by atoms with E-state index in [0.717, 1.165) is 97.5 Å². The van der Waals surface area contributed by atoms with Crippen LogP contribution in [0.25, 0.3) is 0 Å². The number of hydrogen-bond acceptors (Lipinski definition) is 5. The molecule has 0 aromatic carbocycles. The van der Waals surface area contributed by atoms with Crippen molar-refractivity contribution in [1.29, 1.82) is 5.41 Å². The highest BCUT2D eigenvalue weighted by Crippen LogP contribution is 2.23. The lowest BCUT2D eigenvalue weighted by Crippen LogP contribution is -2.20. The number of aliphatic imine (C=N–C) groups is 1. The molecule has 0 atom stereocenters. The Morgan fingerprint density at radius 3 is 2.15 bits per heavy atom. The highest BCUT2D eigenvalue weighted by Gasteiger charge is 2.19. The van der Waals surface area contributed by atoms with E-state index < -0.39 is 5.97 Å². The topological polar surface area (TPSA) is 94.8 Å². The number of rotatable bonds is 15. The summed E-state index contributed by atoms with van der Waals surface area (Å²) in [7, 11) is 1.69. The quantitative estimate of drug-likeness (QED) is 0.104. The van der Waals surface area contributed by atoms with Crippen LogP contribution >= 0.6 is 0 Å². The number of hydrogen-bond donors (Lipinski definition) is 3. The Balaban J connectivity index is 0.00000149. The van der Waals surface area contributed by atoms with Crippen LogP contribution in [0.5, 0.6) is 0 Å². The van der Waals surface area contributed by atoms with E-state index in [1.165, 1.54) is 6.42 Å². The van der Waals surface area contributed by atoms with E-state index in [0.29, 0.717) is 5.71 Å². The molecule has 41 heavy (non-hydrogen) atoms. The molecular formula is C35H57N3O3. The van der Waals surface area contributed by atoms with E-state index in [4.69, 9.17) is 20.2 Å². The molecule has 0 aromatic rings. The monoisotopic (exact) mass is 567 g/mol. The summed E-state index contributed by atoms with van der Waals surface area (Å²) in [5.41, 5.74) is 5.49. The second-order valence-electron chi connectivity index (χ2n) is 10.5. The summed E-state index contributed by atoms with van der Waals surface area (Å²) in [5, 5.41) is 20.3. The lowest BCUT2D eigenvalue weighted by Gasteiger charge is -2.16. The molecule has 0 aliphatic heterocycles. The van der Waals surface area contributed by atoms with Gasteiger partial charge in [-0.05, 0) is 102 Å². The smallest absolute Gasteiger partial charge is 0.306 e. The molecule has 1 saturated carbocycles. The summed E-state index contributed by atoms with van der Waals surface area (Å²) in [6.45, 7) is 16.4. The maximum absolute atomic E-state index is 10.4. The molecule has 0 saturated heterocycles. The van der Waals surface area contributed by atoms with E-state index >= 15 is 0 Å². The molecule has 1 aliphatic carbocycles. The van der Waals surface area contributed by atoms with Crippen molar-refractivity contribution in [2.24, 2.45) is 10.9 Å². The molecule has 6 nitrogen and oxygen atoms in total. The predicted molar refractivity (Wildman–Crippen MR) is 176 cm³/mol. The Morgan fingerprint density at radius 1 is 1.02 bits per heavy atom. The Hall–Kier alpha value is -3.15. The lowest BCUT2D eigenvalue weighted by molar-refractivity contribution is -0.142. The second kappa shape index (κ2) is 22.5. The molecular weight excluding hydrogens is 510 g/mol. The van der Waals surface area contributed by atoms with Crippen LogP contribution < -0.4 is 5.32 Å². The van der Waals surface area contributed by atoms with Crippen molar-refractivity contribution in [1.82, 2.24) is 5.32 Å². The van der Waals surface area contributed by atoms with Gasteiger partial charge in [0.2, 0.25) is 0 Å². The van der Waals surface area contributed by atoms with Gasteiger partial charge in [0.1, 0.15) is 11.6 Å². The number of nitrogens with zero attached hydrogens (tertiary/aromatic N) is 1. The number of allylic oxidation sites excluding steroid dienone is 10. The van der Waals surface area contributed by atoms with E-state index in [9.17, 15) is 4.79 Å². The zero-order valence-corrected chi connectivity index (χ0v) is 27.3. The molecule has 0 heterocycles. The highest BCUT2D eigenvalue weighted by atomic mass is 16.5. The minimum Gasteiger partial charge on any atom is -0.497 e. The molecule has 0 radical (unpaired) electrons. The number of carboxylic acid groups (broad SMARTS) is 1. The summed E-state index contributed by atoms with van der Waals surface area (Å²) in [5.74, 6) is 0.980. The highest BCUT2D eigenvalue weighted by molar-refractivity contribution is 5.97. The first-order valence-electron chi connectivity index (χ1n) is 15.3. The van der Waals surface area contributed by atoms with Gasteiger partial charge in [-0.15, -0.1) is 0 Å². The zero-order chi connectivity index (χ0) is 31.2. The molecule has 0 spiro atoms. The van der Waals surface area contributed by atoms with Crippen molar-refractivity contribution >= 4 is 17.4 Å². The Kier molecular flexibility index (Phi) is 20.8. The fraction of sp³-hybridized carbons (Fsp3) is 0.571. The number of methoxy groups -OCH3 is 1. The standard InChI is InChI=1S/C28H45N3O.C7H12O2/c1-10-14-15-18-25(17-12-3)30-27(13-4)31-28(24(8)29)23(7)21(5)19-20-26(32-9)22(6)16-11-2;8-7(9)6-4-2-1-3-5-6/h13,15-16,18-20,29,31H,10-12,14,17H2,1-9H3;6H,1-5H2,(H,8,9)/b18-15+,21-19+,22-16+,26-20+,27-13+,28-23-,29-24?,30-25-;. The first kappa shape index (κ1) is 37.9. The van der Waals surface area contributed by atoms with Gasteiger partial charge in [0, 0.05) is 5.71 Å². The van der Waals surface area contributed by atoms with Crippen LogP contribution in [-0.4, -0.2) is 29.6 Å². The van der Waals surface area contributed by atoms with Crippen LogP contribution in [0.4, 0.5) is 0 Å². The Labute approximate surface area is 250 Å². The van der Waals surface area contributed by atoms with Gasteiger partial charge in [0.25, 0.3) is 0 Å². The average molecular weight is 568 g/mol. The van der Waals surface area contributed by atoms with Crippen molar-refractivity contribution in [3.63, 3.8) is 0 Å². The third-order valence-corrected chi connectivity index (χ3v) is 6.96. The molecule has 230 valence electrons. The number of ether oxygens (including phenoxy) is 1. The fourth-order valence-corrected chi connectivity index (χ4v) is 4.37. The van der Waals surface area contributed by atoms with Crippen LogP contribution in [-0.2, 0) is 9.53 Å². The first-order valence-corrected chi connectivity index (χ1v) is 15.3. The van der Waals surface area contributed by atoms with E-state index in [1.54, 1.807) is 14.0 Å².